The number of hydrogen-bond donors (Lipinski definition) is 1. The highest BCUT2D eigenvalue weighted by Gasteiger charge is 2.46. The molecule has 1 aliphatic rings. The number of ether oxygens (including phenoxy) is 1. The van der Waals surface area contributed by atoms with Gasteiger partial charge in [-0.1, -0.05) is 42.6 Å². The molecule has 6 nitrogen and oxygen atoms in total. The van der Waals surface area contributed by atoms with Crippen LogP contribution in [-0.2, 0) is 9.59 Å². The minimum atomic E-state index is -0.789. The standard InChI is InChI=1S/C21H20Cl2N2O4/c1-3-4-9-25-17(15-7-5-6-8-24-15)16(19(27)21(25)28)18(26)12-10-13(22)20(29-2)14(23)11-12/h5-8,10-11,17,26H,3-4,9H2,1-2H3/b18-16+. The molecule has 1 aromatic carbocycles. The fourth-order valence-corrected chi connectivity index (χ4v) is 3.97. The molecule has 29 heavy (non-hydrogen) atoms. The minimum absolute atomic E-state index is 0.0397. The van der Waals surface area contributed by atoms with Crippen LogP contribution in [0.5, 0.6) is 5.75 Å². The zero-order valence-corrected chi connectivity index (χ0v) is 17.5. The number of aliphatic hydroxyl groups excluding tert-OH is 1. The second kappa shape index (κ2) is 8.84. The van der Waals surface area contributed by atoms with Crippen LogP contribution in [0.2, 0.25) is 10.0 Å². The molecule has 2 aromatic rings. The van der Waals surface area contributed by atoms with Crippen LogP contribution in [0.15, 0.2) is 42.1 Å². The lowest BCUT2D eigenvalue weighted by molar-refractivity contribution is -0.140. The van der Waals surface area contributed by atoms with Crippen LogP contribution in [0, 0.1) is 0 Å². The van der Waals surface area contributed by atoms with Gasteiger partial charge in [-0.3, -0.25) is 14.6 Å². The Hall–Kier alpha value is -2.57. The van der Waals surface area contributed by atoms with Gasteiger partial charge in [0.1, 0.15) is 11.8 Å². The molecule has 152 valence electrons. The first-order chi connectivity index (χ1) is 13.9. The van der Waals surface area contributed by atoms with Crippen LogP contribution in [-0.4, -0.2) is 40.3 Å². The van der Waals surface area contributed by atoms with E-state index in [2.05, 4.69) is 4.98 Å². The maximum absolute atomic E-state index is 12.8. The average Bonchev–Trinajstić information content (AvgIpc) is 2.96. The van der Waals surface area contributed by atoms with E-state index in [1.807, 2.05) is 6.92 Å². The summed E-state index contributed by atoms with van der Waals surface area (Å²) in [5.41, 5.74) is 0.674. The molecule has 2 heterocycles. The molecule has 1 N–H and O–H groups in total. The van der Waals surface area contributed by atoms with Gasteiger partial charge in [0.25, 0.3) is 11.7 Å². The summed E-state index contributed by atoms with van der Waals surface area (Å²) in [7, 11) is 1.42. The molecule has 0 bridgehead atoms. The van der Waals surface area contributed by atoms with Gasteiger partial charge in [0, 0.05) is 18.3 Å². The van der Waals surface area contributed by atoms with E-state index in [4.69, 9.17) is 27.9 Å². The molecule has 1 aliphatic heterocycles. The van der Waals surface area contributed by atoms with Gasteiger partial charge in [0.2, 0.25) is 0 Å². The van der Waals surface area contributed by atoms with Crippen molar-refractivity contribution in [3.05, 3.63) is 63.4 Å². The molecule has 1 aromatic heterocycles. The Morgan fingerprint density at radius 3 is 2.48 bits per heavy atom. The topological polar surface area (TPSA) is 79.7 Å². The fourth-order valence-electron chi connectivity index (χ4n) is 3.33. The van der Waals surface area contributed by atoms with Gasteiger partial charge in [-0.25, -0.2) is 0 Å². The van der Waals surface area contributed by atoms with Gasteiger partial charge in [-0.05, 0) is 30.7 Å². The Morgan fingerprint density at radius 1 is 1.24 bits per heavy atom. The Kier molecular flexibility index (Phi) is 6.45. The van der Waals surface area contributed by atoms with Gasteiger partial charge in [0.15, 0.2) is 5.75 Å². The van der Waals surface area contributed by atoms with Gasteiger partial charge < -0.3 is 14.7 Å². The monoisotopic (exact) mass is 434 g/mol. The molecule has 0 saturated carbocycles. The SMILES string of the molecule is CCCCN1C(=O)C(=O)/C(=C(/O)c2cc(Cl)c(OC)c(Cl)c2)C1c1ccccn1. The van der Waals surface area contributed by atoms with Crippen molar-refractivity contribution in [3.63, 3.8) is 0 Å². The number of likely N-dealkylation sites (tertiary alicyclic amines) is 1. The number of ketones is 1. The number of carbonyl (C=O) groups is 2. The third kappa shape index (κ3) is 3.95. The summed E-state index contributed by atoms with van der Waals surface area (Å²) >= 11 is 12.4. The number of halogens is 2. The quantitative estimate of drug-likeness (QED) is 0.407. The lowest BCUT2D eigenvalue weighted by Gasteiger charge is -2.24. The van der Waals surface area contributed by atoms with Gasteiger partial charge in [0.05, 0.1) is 28.4 Å². The van der Waals surface area contributed by atoms with E-state index in [9.17, 15) is 14.7 Å². The highest BCUT2D eigenvalue weighted by Crippen LogP contribution is 2.41. The third-order valence-corrected chi connectivity index (χ3v) is 5.30. The molecule has 1 unspecified atom stereocenters. The Bertz CT molecular complexity index is 953. The predicted octanol–water partition coefficient (Wildman–Crippen LogP) is 4.62. The molecule has 0 aliphatic carbocycles. The lowest BCUT2D eigenvalue weighted by Crippen LogP contribution is -2.31. The zero-order valence-electron chi connectivity index (χ0n) is 16.0. The van der Waals surface area contributed by atoms with Crippen LogP contribution < -0.4 is 4.74 Å². The summed E-state index contributed by atoms with van der Waals surface area (Å²) in [6, 6.07) is 7.32. The Balaban J connectivity index is 2.18. The number of pyridine rings is 1. The number of benzene rings is 1. The number of methoxy groups -OCH3 is 1. The minimum Gasteiger partial charge on any atom is -0.507 e. The summed E-state index contributed by atoms with van der Waals surface area (Å²) in [6.45, 7) is 2.37. The summed E-state index contributed by atoms with van der Waals surface area (Å²) < 4.78 is 5.13. The van der Waals surface area contributed by atoms with Crippen molar-refractivity contribution in [3.8, 4) is 5.75 Å². The average molecular weight is 435 g/mol. The smallest absolute Gasteiger partial charge is 0.295 e. The van der Waals surface area contributed by atoms with Gasteiger partial charge in [-0.15, -0.1) is 0 Å². The number of Topliss-reactive ketones (excluding diaryl/α,β-unsaturated/α-hetero) is 1. The van der Waals surface area contributed by atoms with E-state index in [-0.39, 0.29) is 32.7 Å². The van der Waals surface area contributed by atoms with Crippen LogP contribution >= 0.6 is 23.2 Å². The highest BCUT2D eigenvalue weighted by atomic mass is 35.5. The largest absolute Gasteiger partial charge is 0.507 e. The molecule has 1 atom stereocenters. The normalized spacial score (nSPS) is 18.3. The Labute approximate surface area is 178 Å². The second-order valence-corrected chi connectivity index (χ2v) is 7.39. The lowest BCUT2D eigenvalue weighted by atomic mass is 9.98. The summed E-state index contributed by atoms with van der Waals surface area (Å²) in [5, 5.41) is 11.3. The molecule has 1 fully saturated rings. The number of carbonyl (C=O) groups excluding carboxylic acids is 2. The zero-order chi connectivity index (χ0) is 21.1. The Morgan fingerprint density at radius 2 is 1.93 bits per heavy atom. The van der Waals surface area contributed by atoms with Gasteiger partial charge >= 0.3 is 0 Å². The highest BCUT2D eigenvalue weighted by molar-refractivity contribution is 6.46. The van der Waals surface area contributed by atoms with Crippen molar-refractivity contribution < 1.29 is 19.4 Å². The number of nitrogens with zero attached hydrogens (tertiary/aromatic N) is 2. The molecule has 1 amide bonds. The van der Waals surface area contributed by atoms with E-state index in [1.165, 1.54) is 24.1 Å². The first-order valence-corrected chi connectivity index (χ1v) is 9.89. The fraction of sp³-hybridized carbons (Fsp3) is 0.286. The first-order valence-electron chi connectivity index (χ1n) is 9.13. The molecular weight excluding hydrogens is 415 g/mol. The van der Waals surface area contributed by atoms with Gasteiger partial charge in [-0.2, -0.15) is 0 Å². The molecule has 0 spiro atoms. The van der Waals surface area contributed by atoms with E-state index < -0.39 is 17.7 Å². The number of aliphatic hydroxyl groups is 1. The van der Waals surface area contributed by atoms with Crippen molar-refractivity contribution in [1.82, 2.24) is 9.88 Å². The number of unbranched alkanes of at least 4 members (excludes halogenated alkanes) is 1. The van der Waals surface area contributed by atoms with Crippen LogP contribution in [0.4, 0.5) is 0 Å². The maximum Gasteiger partial charge on any atom is 0.295 e. The molecule has 0 radical (unpaired) electrons. The maximum atomic E-state index is 12.8. The molecular formula is C21H20Cl2N2O4. The number of hydrogen-bond acceptors (Lipinski definition) is 5. The summed E-state index contributed by atoms with van der Waals surface area (Å²) in [6.07, 6.45) is 3.15. The summed E-state index contributed by atoms with van der Waals surface area (Å²) in [4.78, 5) is 31.3. The van der Waals surface area contributed by atoms with Crippen LogP contribution in [0.1, 0.15) is 37.1 Å². The van der Waals surface area contributed by atoms with Crippen molar-refractivity contribution in [2.45, 2.75) is 25.8 Å². The van der Waals surface area contributed by atoms with E-state index in [0.717, 1.165) is 12.8 Å². The van der Waals surface area contributed by atoms with Crippen molar-refractivity contribution in [2.24, 2.45) is 0 Å². The summed E-state index contributed by atoms with van der Waals surface area (Å²) in [5.74, 6) is -1.53. The van der Waals surface area contributed by atoms with E-state index in [0.29, 0.717) is 12.2 Å². The van der Waals surface area contributed by atoms with Crippen molar-refractivity contribution in [1.29, 1.82) is 0 Å². The third-order valence-electron chi connectivity index (χ3n) is 4.74. The predicted molar refractivity (Wildman–Crippen MR) is 111 cm³/mol. The van der Waals surface area contributed by atoms with Crippen molar-refractivity contribution in [2.75, 3.05) is 13.7 Å². The number of aromatic nitrogens is 1. The van der Waals surface area contributed by atoms with Crippen molar-refractivity contribution >= 4 is 40.7 Å². The molecule has 3 rings (SSSR count). The number of amides is 1. The van der Waals surface area contributed by atoms with E-state index >= 15 is 0 Å². The second-order valence-electron chi connectivity index (χ2n) is 6.57. The molecule has 1 saturated heterocycles. The van der Waals surface area contributed by atoms with E-state index in [1.54, 1.807) is 24.4 Å². The van der Waals surface area contributed by atoms with Crippen LogP contribution in [0.25, 0.3) is 5.76 Å². The van der Waals surface area contributed by atoms with Crippen LogP contribution in [0.3, 0.4) is 0 Å². The first kappa shape index (κ1) is 21.1. The molecule has 8 heteroatoms. The number of rotatable bonds is 6.